The second-order valence-electron chi connectivity index (χ2n) is 10.3. The molecule has 0 aliphatic carbocycles. The van der Waals surface area contributed by atoms with Crippen molar-refractivity contribution in [2.24, 2.45) is 0 Å². The number of benzene rings is 1. The van der Waals surface area contributed by atoms with Crippen LogP contribution in [0, 0.1) is 0 Å². The van der Waals surface area contributed by atoms with Gasteiger partial charge in [-0.05, 0) is 43.2 Å². The monoisotopic (exact) mass is 518 g/mol. The van der Waals surface area contributed by atoms with Gasteiger partial charge in [0.2, 0.25) is 0 Å². The number of nitrogens with zero attached hydrogens (tertiary/aromatic N) is 2. The molecule has 0 amide bonds. The van der Waals surface area contributed by atoms with Crippen molar-refractivity contribution in [1.82, 2.24) is 9.55 Å². The zero-order valence-corrected chi connectivity index (χ0v) is 22.0. The molecule has 1 atom stereocenters. The Morgan fingerprint density at radius 3 is 2.61 bits per heavy atom. The van der Waals surface area contributed by atoms with Crippen LogP contribution in [-0.2, 0) is 33.1 Å². The van der Waals surface area contributed by atoms with Crippen LogP contribution in [0.2, 0.25) is 0 Å². The van der Waals surface area contributed by atoms with Crippen molar-refractivity contribution in [1.29, 1.82) is 0 Å². The molecular formula is C30H34N2O6. The van der Waals surface area contributed by atoms with Crippen molar-refractivity contribution in [2.75, 3.05) is 0 Å². The first-order valence-corrected chi connectivity index (χ1v) is 13.7. The van der Waals surface area contributed by atoms with Crippen molar-refractivity contribution < 1.29 is 24.2 Å². The van der Waals surface area contributed by atoms with Crippen LogP contribution in [0.3, 0.4) is 0 Å². The van der Waals surface area contributed by atoms with E-state index < -0.39 is 11.6 Å². The lowest BCUT2D eigenvalue weighted by Gasteiger charge is -2.31. The normalized spacial score (nSPS) is 17.6. The summed E-state index contributed by atoms with van der Waals surface area (Å²) < 4.78 is 12.3. The number of carbonyl (C=O) groups excluding carboxylic acids is 2. The minimum atomic E-state index is -1.85. The van der Waals surface area contributed by atoms with Gasteiger partial charge in [-0.3, -0.25) is 9.59 Å². The Morgan fingerprint density at radius 1 is 1.08 bits per heavy atom. The van der Waals surface area contributed by atoms with E-state index in [1.807, 2.05) is 6.07 Å². The molecule has 2 aromatic heterocycles. The van der Waals surface area contributed by atoms with Gasteiger partial charge < -0.3 is 19.1 Å². The number of cyclic esters (lactones) is 1. The maximum absolute atomic E-state index is 13.3. The first-order valence-electron chi connectivity index (χ1n) is 13.7. The predicted molar refractivity (Wildman–Crippen MR) is 143 cm³/mol. The highest BCUT2D eigenvalue weighted by molar-refractivity contribution is 5.87. The molecule has 0 radical (unpaired) electrons. The van der Waals surface area contributed by atoms with Gasteiger partial charge in [-0.1, -0.05) is 52.4 Å². The zero-order chi connectivity index (χ0) is 26.9. The summed E-state index contributed by atoms with van der Waals surface area (Å²) >= 11 is 0. The van der Waals surface area contributed by atoms with Crippen LogP contribution in [0.1, 0.15) is 88.3 Å². The minimum Gasteiger partial charge on any atom is -0.458 e. The number of ether oxygens (including phenoxy) is 2. The van der Waals surface area contributed by atoms with E-state index in [2.05, 4.69) is 6.92 Å². The summed E-state index contributed by atoms with van der Waals surface area (Å²) in [6, 6.07) is 8.97. The molecule has 0 saturated heterocycles. The average Bonchev–Trinajstić information content (AvgIpc) is 3.27. The van der Waals surface area contributed by atoms with E-state index in [4.69, 9.17) is 14.5 Å². The number of aliphatic hydroxyl groups is 1. The lowest BCUT2D eigenvalue weighted by molar-refractivity contribution is -0.172. The largest absolute Gasteiger partial charge is 0.458 e. The molecule has 2 aliphatic rings. The van der Waals surface area contributed by atoms with E-state index in [0.717, 1.165) is 30.2 Å². The van der Waals surface area contributed by atoms with Crippen LogP contribution in [0.5, 0.6) is 5.75 Å². The summed E-state index contributed by atoms with van der Waals surface area (Å²) in [7, 11) is 0. The topological polar surface area (TPSA) is 108 Å². The van der Waals surface area contributed by atoms with Crippen LogP contribution in [0.25, 0.3) is 22.3 Å². The third-order valence-electron chi connectivity index (χ3n) is 7.70. The summed E-state index contributed by atoms with van der Waals surface area (Å²) in [5.41, 5.74) is 1.19. The summed E-state index contributed by atoms with van der Waals surface area (Å²) in [6.45, 7) is 4.04. The average molecular weight is 519 g/mol. The molecule has 38 heavy (non-hydrogen) atoms. The molecule has 5 rings (SSSR count). The van der Waals surface area contributed by atoms with Gasteiger partial charge in [-0.25, -0.2) is 9.78 Å². The Hall–Kier alpha value is -3.52. The Labute approximate surface area is 221 Å². The molecule has 0 fully saturated rings. The van der Waals surface area contributed by atoms with E-state index in [1.54, 1.807) is 35.8 Å². The second kappa shape index (κ2) is 10.7. The molecule has 0 saturated carbocycles. The molecule has 0 bridgehead atoms. The number of esters is 2. The van der Waals surface area contributed by atoms with Gasteiger partial charge in [-0.2, -0.15) is 0 Å². The molecule has 8 nitrogen and oxygen atoms in total. The van der Waals surface area contributed by atoms with Crippen molar-refractivity contribution >= 4 is 22.8 Å². The molecule has 2 aliphatic heterocycles. The molecule has 0 unspecified atom stereocenters. The van der Waals surface area contributed by atoms with Crippen molar-refractivity contribution in [3.63, 3.8) is 0 Å². The van der Waals surface area contributed by atoms with E-state index in [9.17, 15) is 19.5 Å². The van der Waals surface area contributed by atoms with Crippen LogP contribution in [-0.4, -0.2) is 26.6 Å². The quantitative estimate of drug-likeness (QED) is 0.176. The number of pyridine rings is 2. The standard InChI is InChI=1S/C30H34N2O6/c1-3-5-6-7-8-9-10-11-26(33)38-21-12-13-24-19(15-21)14-20-17-32-25(27(20)31-24)16-23-22(28(32)34)18-37-29(35)30(23,36)4-2/h12-16,36H,3-11,17-18H2,1-2H3/t30-/m0/s1. The smallest absolute Gasteiger partial charge is 0.343 e. The first-order chi connectivity index (χ1) is 18.4. The van der Waals surface area contributed by atoms with Gasteiger partial charge in [0.05, 0.1) is 29.0 Å². The molecule has 1 N–H and O–H groups in total. The summed E-state index contributed by atoms with van der Waals surface area (Å²) in [5, 5.41) is 11.8. The van der Waals surface area contributed by atoms with Crippen molar-refractivity contribution in [3.8, 4) is 17.1 Å². The Balaban J connectivity index is 1.34. The number of hydrogen-bond donors (Lipinski definition) is 1. The number of fused-ring (bicyclic) bond motifs is 5. The Kier molecular flexibility index (Phi) is 7.34. The number of hydrogen-bond acceptors (Lipinski definition) is 7. The SMILES string of the molecule is CCCCCCCCCC(=O)Oc1ccc2nc3c(cc2c1)Cn1c-3cc2c(c1=O)COC(=O)[C@]2(O)CC. The van der Waals surface area contributed by atoms with Gasteiger partial charge in [-0.15, -0.1) is 0 Å². The van der Waals surface area contributed by atoms with Crippen LogP contribution in [0.4, 0.5) is 0 Å². The van der Waals surface area contributed by atoms with E-state index >= 15 is 0 Å². The maximum Gasteiger partial charge on any atom is 0.343 e. The fraction of sp³-hybridized carbons (Fsp3) is 0.467. The van der Waals surface area contributed by atoms with Crippen LogP contribution >= 0.6 is 0 Å². The molecule has 1 aromatic carbocycles. The highest BCUT2D eigenvalue weighted by Crippen LogP contribution is 2.38. The molecular weight excluding hydrogens is 484 g/mol. The van der Waals surface area contributed by atoms with Gasteiger partial charge in [0, 0.05) is 22.9 Å². The van der Waals surface area contributed by atoms with Gasteiger partial charge >= 0.3 is 11.9 Å². The molecule has 8 heteroatoms. The van der Waals surface area contributed by atoms with Crippen molar-refractivity contribution in [2.45, 2.75) is 90.4 Å². The molecule has 3 aromatic rings. The van der Waals surface area contributed by atoms with E-state index in [-0.39, 0.29) is 24.6 Å². The third kappa shape index (κ3) is 4.73. The van der Waals surface area contributed by atoms with Gasteiger partial charge in [0.25, 0.3) is 5.56 Å². The van der Waals surface area contributed by atoms with Crippen molar-refractivity contribution in [3.05, 3.63) is 57.4 Å². The second-order valence-corrected chi connectivity index (χ2v) is 10.3. The maximum atomic E-state index is 13.3. The van der Waals surface area contributed by atoms with Gasteiger partial charge in [0.15, 0.2) is 5.60 Å². The number of unbranched alkanes of at least 4 members (excludes halogenated alkanes) is 6. The van der Waals surface area contributed by atoms with Gasteiger partial charge in [0.1, 0.15) is 12.4 Å². The zero-order valence-electron chi connectivity index (χ0n) is 22.0. The van der Waals surface area contributed by atoms with Crippen LogP contribution in [0.15, 0.2) is 35.1 Å². The predicted octanol–water partition coefficient (Wildman–Crippen LogP) is 5.13. The van der Waals surface area contributed by atoms with Crippen LogP contribution < -0.4 is 10.3 Å². The summed E-state index contributed by atoms with van der Waals surface area (Å²) in [6.07, 6.45) is 8.47. The fourth-order valence-corrected chi connectivity index (χ4v) is 5.44. The Bertz CT molecular complexity index is 1460. The summed E-state index contributed by atoms with van der Waals surface area (Å²) in [4.78, 5) is 42.8. The first kappa shape index (κ1) is 26.1. The lowest BCUT2D eigenvalue weighted by Crippen LogP contribution is -2.44. The number of aromatic nitrogens is 2. The van der Waals surface area contributed by atoms with E-state index in [0.29, 0.717) is 46.7 Å². The highest BCUT2D eigenvalue weighted by Gasteiger charge is 2.45. The minimum absolute atomic E-state index is 0.0974. The fourth-order valence-electron chi connectivity index (χ4n) is 5.44. The number of rotatable bonds is 10. The number of carbonyl (C=O) groups is 2. The Morgan fingerprint density at radius 2 is 1.84 bits per heavy atom. The lowest BCUT2D eigenvalue weighted by atomic mass is 9.86. The molecule has 0 spiro atoms. The highest BCUT2D eigenvalue weighted by atomic mass is 16.6. The summed E-state index contributed by atoms with van der Waals surface area (Å²) in [5.74, 6) is -0.508. The third-order valence-corrected chi connectivity index (χ3v) is 7.70. The molecule has 4 heterocycles. The molecule has 200 valence electrons. The van der Waals surface area contributed by atoms with E-state index in [1.165, 1.54) is 25.7 Å².